The number of H-pyrrole nitrogens is 2. The molecule has 0 saturated heterocycles. The summed E-state index contributed by atoms with van der Waals surface area (Å²) in [5.74, 6) is -2.14. The first kappa shape index (κ1) is 11.3. The van der Waals surface area contributed by atoms with Crippen LogP contribution < -0.4 is 11.3 Å². The molecule has 0 aliphatic carbocycles. The quantitative estimate of drug-likeness (QED) is 0.613. The molecule has 0 aliphatic rings. The normalized spacial score (nSPS) is 11.1. The average molecular weight is 263 g/mol. The van der Waals surface area contributed by atoms with Crippen molar-refractivity contribution in [1.82, 2.24) is 19.9 Å². The molecule has 2 aromatic heterocycles. The van der Waals surface area contributed by atoms with E-state index in [0.29, 0.717) is 0 Å². The number of nitrogen functional groups attached to an aromatic ring is 1. The summed E-state index contributed by atoms with van der Waals surface area (Å²) in [6.07, 6.45) is 0. The number of imidazole rings is 1. The second kappa shape index (κ2) is 3.87. The summed E-state index contributed by atoms with van der Waals surface area (Å²) in [4.78, 5) is 24.2. The number of benzene rings is 1. The highest BCUT2D eigenvalue weighted by Gasteiger charge is 2.15. The first-order chi connectivity index (χ1) is 9.06. The lowest BCUT2D eigenvalue weighted by Crippen LogP contribution is -2.10. The van der Waals surface area contributed by atoms with E-state index in [1.165, 1.54) is 12.1 Å². The van der Waals surface area contributed by atoms with Gasteiger partial charge in [0.15, 0.2) is 22.8 Å². The molecule has 1 aromatic carbocycles. The Labute approximate surface area is 104 Å². The van der Waals surface area contributed by atoms with Crippen molar-refractivity contribution in [3.8, 4) is 11.4 Å². The van der Waals surface area contributed by atoms with Gasteiger partial charge in [-0.05, 0) is 12.1 Å². The number of nitrogens with zero attached hydrogens (tertiary/aromatic N) is 2. The zero-order valence-corrected chi connectivity index (χ0v) is 9.37. The number of nitrogens with two attached hydrogens (primary N) is 1. The molecule has 0 unspecified atom stereocenters. The molecule has 96 valence electrons. The molecule has 19 heavy (non-hydrogen) atoms. The lowest BCUT2D eigenvalue weighted by atomic mass is 10.2. The van der Waals surface area contributed by atoms with E-state index >= 15 is 0 Å². The molecule has 0 spiro atoms. The van der Waals surface area contributed by atoms with Crippen molar-refractivity contribution in [2.24, 2.45) is 0 Å². The fraction of sp³-hybridized carbons (Fsp3) is 0. The molecule has 3 aromatic rings. The molecule has 0 radical (unpaired) electrons. The van der Waals surface area contributed by atoms with Gasteiger partial charge in [-0.25, -0.2) is 13.8 Å². The molecule has 6 nitrogen and oxygen atoms in total. The van der Waals surface area contributed by atoms with E-state index in [-0.39, 0.29) is 28.5 Å². The fourth-order valence-corrected chi connectivity index (χ4v) is 1.74. The molecule has 0 amide bonds. The topological polar surface area (TPSA) is 100 Å². The molecule has 0 saturated carbocycles. The van der Waals surface area contributed by atoms with Gasteiger partial charge in [-0.1, -0.05) is 6.07 Å². The number of anilines is 1. The van der Waals surface area contributed by atoms with Crippen molar-refractivity contribution < 1.29 is 8.78 Å². The summed E-state index contributed by atoms with van der Waals surface area (Å²) in [7, 11) is 0. The highest BCUT2D eigenvalue weighted by Crippen LogP contribution is 2.22. The lowest BCUT2D eigenvalue weighted by molar-refractivity contribution is 0.510. The van der Waals surface area contributed by atoms with Gasteiger partial charge in [-0.3, -0.25) is 9.78 Å². The number of hydrogen-bond acceptors (Lipinski definition) is 4. The molecule has 0 bridgehead atoms. The van der Waals surface area contributed by atoms with Gasteiger partial charge in [0.2, 0.25) is 5.95 Å². The van der Waals surface area contributed by atoms with Crippen molar-refractivity contribution in [3.63, 3.8) is 0 Å². The SMILES string of the molecule is Nc1nc2nc(-c3cccc(F)c3F)[nH]c2c(=O)[nH]1. The second-order valence-corrected chi connectivity index (χ2v) is 3.84. The minimum Gasteiger partial charge on any atom is -0.369 e. The summed E-state index contributed by atoms with van der Waals surface area (Å²) in [6, 6.07) is 3.67. The molecule has 0 aliphatic heterocycles. The van der Waals surface area contributed by atoms with Crippen LogP contribution in [-0.2, 0) is 0 Å². The van der Waals surface area contributed by atoms with Gasteiger partial charge >= 0.3 is 0 Å². The monoisotopic (exact) mass is 263 g/mol. The summed E-state index contributed by atoms with van der Waals surface area (Å²) < 4.78 is 26.8. The van der Waals surface area contributed by atoms with Gasteiger partial charge in [0.05, 0.1) is 5.56 Å². The Morgan fingerprint density at radius 1 is 1.16 bits per heavy atom. The van der Waals surface area contributed by atoms with Crippen molar-refractivity contribution >= 4 is 17.1 Å². The zero-order valence-electron chi connectivity index (χ0n) is 9.37. The summed E-state index contributed by atoms with van der Waals surface area (Å²) in [5, 5.41) is 0. The Kier molecular flexibility index (Phi) is 2.31. The average Bonchev–Trinajstić information content (AvgIpc) is 2.76. The predicted octanol–water partition coefficient (Wildman–Crippen LogP) is 1.17. The van der Waals surface area contributed by atoms with Crippen molar-refractivity contribution in [2.75, 3.05) is 5.73 Å². The van der Waals surface area contributed by atoms with Gasteiger partial charge < -0.3 is 10.7 Å². The molecule has 4 N–H and O–H groups in total. The van der Waals surface area contributed by atoms with Gasteiger partial charge in [0, 0.05) is 0 Å². The Hall–Kier alpha value is -2.77. The minimum atomic E-state index is -1.05. The first-order valence-electron chi connectivity index (χ1n) is 5.26. The summed E-state index contributed by atoms with van der Waals surface area (Å²) in [5.41, 5.74) is 4.85. The second-order valence-electron chi connectivity index (χ2n) is 3.84. The summed E-state index contributed by atoms with van der Waals surface area (Å²) in [6.45, 7) is 0. The molecule has 0 atom stereocenters. The van der Waals surface area contributed by atoms with Gasteiger partial charge in [-0.2, -0.15) is 4.98 Å². The fourth-order valence-electron chi connectivity index (χ4n) is 1.74. The Balaban J connectivity index is 2.30. The van der Waals surface area contributed by atoms with Crippen LogP contribution in [0.5, 0.6) is 0 Å². The third-order valence-corrected chi connectivity index (χ3v) is 2.59. The molecule has 8 heteroatoms. The van der Waals surface area contributed by atoms with Crippen LogP contribution in [-0.4, -0.2) is 19.9 Å². The predicted molar refractivity (Wildman–Crippen MR) is 64.3 cm³/mol. The lowest BCUT2D eigenvalue weighted by Gasteiger charge is -1.98. The molecule has 3 rings (SSSR count). The number of aromatic amines is 2. The molecular formula is C11H7F2N5O. The Morgan fingerprint density at radius 2 is 1.95 bits per heavy atom. The number of fused-ring (bicyclic) bond motifs is 1. The van der Waals surface area contributed by atoms with E-state index in [1.807, 2.05) is 0 Å². The molecule has 2 heterocycles. The third kappa shape index (κ3) is 1.73. The molecular weight excluding hydrogens is 256 g/mol. The van der Waals surface area contributed by atoms with Gasteiger partial charge in [-0.15, -0.1) is 0 Å². The highest BCUT2D eigenvalue weighted by atomic mass is 19.2. The van der Waals surface area contributed by atoms with Crippen molar-refractivity contribution in [1.29, 1.82) is 0 Å². The maximum absolute atomic E-state index is 13.6. The van der Waals surface area contributed by atoms with E-state index in [0.717, 1.165) is 6.07 Å². The number of hydrogen-bond donors (Lipinski definition) is 3. The van der Waals surface area contributed by atoms with Crippen LogP contribution in [0.2, 0.25) is 0 Å². The maximum Gasteiger partial charge on any atom is 0.278 e. The number of rotatable bonds is 1. The first-order valence-corrected chi connectivity index (χ1v) is 5.26. The Bertz CT molecular complexity index is 839. The standard InChI is InChI=1S/C11H7F2N5O/c12-5-3-1-2-4(6(5)13)8-15-7-9(16-8)17-11(14)18-10(7)19/h1-3H,(H4,14,15,16,17,18,19). The number of nitrogens with one attached hydrogen (secondary N) is 2. The number of halogens is 2. The van der Waals surface area contributed by atoms with Crippen LogP contribution in [0.4, 0.5) is 14.7 Å². The Morgan fingerprint density at radius 3 is 2.74 bits per heavy atom. The van der Waals surface area contributed by atoms with Crippen LogP contribution >= 0.6 is 0 Å². The van der Waals surface area contributed by atoms with E-state index in [1.54, 1.807) is 0 Å². The smallest absolute Gasteiger partial charge is 0.278 e. The van der Waals surface area contributed by atoms with Crippen molar-refractivity contribution in [3.05, 3.63) is 40.2 Å². The summed E-state index contributed by atoms with van der Waals surface area (Å²) >= 11 is 0. The van der Waals surface area contributed by atoms with Crippen LogP contribution in [0.15, 0.2) is 23.0 Å². The highest BCUT2D eigenvalue weighted by molar-refractivity contribution is 5.75. The third-order valence-electron chi connectivity index (χ3n) is 2.59. The van der Waals surface area contributed by atoms with E-state index in [4.69, 9.17) is 5.73 Å². The van der Waals surface area contributed by atoms with E-state index in [9.17, 15) is 13.6 Å². The van der Waals surface area contributed by atoms with Crippen LogP contribution in [0.1, 0.15) is 0 Å². The van der Waals surface area contributed by atoms with Crippen LogP contribution in [0, 0.1) is 11.6 Å². The largest absolute Gasteiger partial charge is 0.369 e. The van der Waals surface area contributed by atoms with Gasteiger partial charge in [0.25, 0.3) is 5.56 Å². The number of aromatic nitrogens is 4. The minimum absolute atomic E-state index is 0.00981. The zero-order chi connectivity index (χ0) is 13.6. The maximum atomic E-state index is 13.6. The van der Waals surface area contributed by atoms with Crippen LogP contribution in [0.3, 0.4) is 0 Å². The van der Waals surface area contributed by atoms with Gasteiger partial charge in [0.1, 0.15) is 5.82 Å². The van der Waals surface area contributed by atoms with E-state index < -0.39 is 17.2 Å². The van der Waals surface area contributed by atoms with E-state index in [2.05, 4.69) is 19.9 Å². The van der Waals surface area contributed by atoms with Crippen LogP contribution in [0.25, 0.3) is 22.6 Å². The van der Waals surface area contributed by atoms with Crippen molar-refractivity contribution in [2.45, 2.75) is 0 Å². The molecule has 0 fully saturated rings.